The maximum atomic E-state index is 13.1. The Hall–Kier alpha value is -1.33. The summed E-state index contributed by atoms with van der Waals surface area (Å²) in [5.41, 5.74) is 0.816. The number of benzene rings is 1. The molecule has 0 aliphatic rings. The summed E-state index contributed by atoms with van der Waals surface area (Å²) in [6.07, 6.45) is 0. The molecule has 2 amide bonds. The van der Waals surface area contributed by atoms with Gasteiger partial charge in [-0.2, -0.15) is 0 Å². The Morgan fingerprint density at radius 3 is 2.72 bits per heavy atom. The first kappa shape index (κ1) is 14.7. The molecule has 2 N–H and O–H groups in total. The number of nitrogens with one attached hydrogen (secondary N) is 2. The highest BCUT2D eigenvalue weighted by molar-refractivity contribution is 6.30. The van der Waals surface area contributed by atoms with Gasteiger partial charge in [0.2, 0.25) is 0 Å². The van der Waals surface area contributed by atoms with Gasteiger partial charge in [-0.25, -0.2) is 9.18 Å². The van der Waals surface area contributed by atoms with E-state index in [1.807, 2.05) is 0 Å². The molecule has 18 heavy (non-hydrogen) atoms. The fourth-order valence-corrected chi connectivity index (χ4v) is 1.42. The molecular formula is C12H17ClFN3O. The molecule has 0 bridgehead atoms. The van der Waals surface area contributed by atoms with Crippen LogP contribution in [0.1, 0.15) is 5.56 Å². The zero-order valence-corrected chi connectivity index (χ0v) is 11.2. The van der Waals surface area contributed by atoms with Gasteiger partial charge in [0.15, 0.2) is 0 Å². The van der Waals surface area contributed by atoms with Crippen molar-refractivity contribution in [2.24, 2.45) is 0 Å². The molecule has 0 heterocycles. The molecule has 0 aliphatic carbocycles. The van der Waals surface area contributed by atoms with E-state index in [-0.39, 0.29) is 11.1 Å². The smallest absolute Gasteiger partial charge is 0.316 e. The molecule has 1 aromatic carbocycles. The van der Waals surface area contributed by atoms with Gasteiger partial charge in [0.25, 0.3) is 0 Å². The zero-order chi connectivity index (χ0) is 13.5. The van der Waals surface area contributed by atoms with Crippen LogP contribution in [0.15, 0.2) is 18.2 Å². The molecule has 100 valence electrons. The second kappa shape index (κ2) is 7.18. The zero-order valence-electron chi connectivity index (χ0n) is 10.5. The first-order chi connectivity index (χ1) is 8.50. The summed E-state index contributed by atoms with van der Waals surface area (Å²) in [5.74, 6) is -0.420. The average molecular weight is 274 g/mol. The predicted molar refractivity (Wildman–Crippen MR) is 70.2 cm³/mol. The molecule has 0 saturated heterocycles. The minimum absolute atomic E-state index is 0.122. The van der Waals surface area contributed by atoms with Gasteiger partial charge in [0.1, 0.15) is 5.82 Å². The maximum Gasteiger partial charge on any atom is 0.316 e. The lowest BCUT2D eigenvalue weighted by atomic mass is 10.2. The van der Waals surface area contributed by atoms with Crippen LogP contribution in [0.2, 0.25) is 5.02 Å². The van der Waals surface area contributed by atoms with E-state index in [0.29, 0.717) is 19.6 Å². The van der Waals surface area contributed by atoms with Gasteiger partial charge in [0, 0.05) is 33.7 Å². The van der Waals surface area contributed by atoms with Crippen molar-refractivity contribution in [2.45, 2.75) is 6.54 Å². The van der Waals surface area contributed by atoms with Crippen molar-refractivity contribution in [2.75, 3.05) is 27.2 Å². The van der Waals surface area contributed by atoms with Crippen LogP contribution in [0.3, 0.4) is 0 Å². The third-order valence-corrected chi connectivity index (χ3v) is 2.60. The highest BCUT2D eigenvalue weighted by atomic mass is 35.5. The summed E-state index contributed by atoms with van der Waals surface area (Å²) in [5, 5.41) is 5.94. The number of hydrogen-bond donors (Lipinski definition) is 2. The Balaban J connectivity index is 2.22. The van der Waals surface area contributed by atoms with E-state index < -0.39 is 5.82 Å². The van der Waals surface area contributed by atoms with Gasteiger partial charge in [-0.05, 0) is 17.7 Å². The normalized spacial score (nSPS) is 10.2. The Kier molecular flexibility index (Phi) is 5.88. The molecule has 0 unspecified atom stereocenters. The third-order valence-electron chi connectivity index (χ3n) is 2.30. The van der Waals surface area contributed by atoms with E-state index in [9.17, 15) is 9.18 Å². The van der Waals surface area contributed by atoms with Crippen LogP contribution >= 0.6 is 11.6 Å². The minimum Gasteiger partial charge on any atom is -0.337 e. The lowest BCUT2D eigenvalue weighted by molar-refractivity contribution is 0.217. The van der Waals surface area contributed by atoms with Crippen LogP contribution in [-0.2, 0) is 6.54 Å². The Labute approximate surface area is 111 Å². The SMILES string of the molecule is CN(C)C(=O)NCCNCc1ccc(Cl)c(F)c1. The van der Waals surface area contributed by atoms with E-state index in [0.717, 1.165) is 5.56 Å². The van der Waals surface area contributed by atoms with Gasteiger partial charge in [-0.15, -0.1) is 0 Å². The quantitative estimate of drug-likeness (QED) is 0.804. The number of carbonyl (C=O) groups is 1. The summed E-state index contributed by atoms with van der Waals surface area (Å²) >= 11 is 5.58. The van der Waals surface area contributed by atoms with Gasteiger partial charge in [-0.1, -0.05) is 17.7 Å². The number of hydrogen-bond acceptors (Lipinski definition) is 2. The molecule has 1 rings (SSSR count). The van der Waals surface area contributed by atoms with E-state index in [4.69, 9.17) is 11.6 Å². The van der Waals surface area contributed by atoms with Crippen molar-refractivity contribution in [3.05, 3.63) is 34.6 Å². The fraction of sp³-hybridized carbons (Fsp3) is 0.417. The molecule has 0 fully saturated rings. The average Bonchev–Trinajstić information content (AvgIpc) is 2.32. The minimum atomic E-state index is -0.420. The van der Waals surface area contributed by atoms with Crippen LogP contribution in [0.4, 0.5) is 9.18 Å². The van der Waals surface area contributed by atoms with Crippen molar-refractivity contribution in [3.8, 4) is 0 Å². The molecular weight excluding hydrogens is 257 g/mol. The van der Waals surface area contributed by atoms with Crippen molar-refractivity contribution in [1.29, 1.82) is 0 Å². The Morgan fingerprint density at radius 1 is 1.39 bits per heavy atom. The van der Waals surface area contributed by atoms with Gasteiger partial charge < -0.3 is 15.5 Å². The number of amides is 2. The highest BCUT2D eigenvalue weighted by Gasteiger charge is 2.02. The largest absolute Gasteiger partial charge is 0.337 e. The molecule has 0 saturated carbocycles. The van der Waals surface area contributed by atoms with Crippen molar-refractivity contribution >= 4 is 17.6 Å². The lowest BCUT2D eigenvalue weighted by Crippen LogP contribution is -2.38. The topological polar surface area (TPSA) is 44.4 Å². The standard InChI is InChI=1S/C12H17ClFN3O/c1-17(2)12(18)16-6-5-15-8-9-3-4-10(13)11(14)7-9/h3-4,7,15H,5-6,8H2,1-2H3,(H,16,18). The monoisotopic (exact) mass is 273 g/mol. The lowest BCUT2D eigenvalue weighted by Gasteiger charge is -2.12. The molecule has 0 radical (unpaired) electrons. The van der Waals surface area contributed by atoms with Crippen molar-refractivity contribution in [1.82, 2.24) is 15.5 Å². The van der Waals surface area contributed by atoms with Crippen molar-refractivity contribution < 1.29 is 9.18 Å². The summed E-state index contributed by atoms with van der Waals surface area (Å²) < 4.78 is 13.1. The maximum absolute atomic E-state index is 13.1. The van der Waals surface area contributed by atoms with E-state index >= 15 is 0 Å². The summed E-state index contributed by atoms with van der Waals surface area (Å²) in [6.45, 7) is 1.67. The van der Waals surface area contributed by atoms with Crippen LogP contribution in [-0.4, -0.2) is 38.1 Å². The summed E-state index contributed by atoms with van der Waals surface area (Å²) in [7, 11) is 3.36. The van der Waals surface area contributed by atoms with Crippen LogP contribution in [0, 0.1) is 5.82 Å². The van der Waals surface area contributed by atoms with Gasteiger partial charge >= 0.3 is 6.03 Å². The summed E-state index contributed by atoms with van der Waals surface area (Å²) in [6, 6.07) is 4.56. The molecule has 6 heteroatoms. The molecule has 4 nitrogen and oxygen atoms in total. The number of carbonyl (C=O) groups excluding carboxylic acids is 1. The molecule has 0 aromatic heterocycles. The number of halogens is 2. The molecule has 0 spiro atoms. The van der Waals surface area contributed by atoms with Crippen molar-refractivity contribution in [3.63, 3.8) is 0 Å². The molecule has 0 aliphatic heterocycles. The van der Waals surface area contributed by atoms with E-state index in [1.54, 1.807) is 20.2 Å². The number of urea groups is 1. The molecule has 1 aromatic rings. The Bertz CT molecular complexity index is 412. The second-order valence-corrected chi connectivity index (χ2v) is 4.46. The number of nitrogens with zero attached hydrogens (tertiary/aromatic N) is 1. The van der Waals surface area contributed by atoms with Crippen LogP contribution < -0.4 is 10.6 Å². The predicted octanol–water partition coefficient (Wildman–Crippen LogP) is 1.84. The second-order valence-electron chi connectivity index (χ2n) is 4.05. The first-order valence-corrected chi connectivity index (χ1v) is 5.98. The van der Waals surface area contributed by atoms with Crippen LogP contribution in [0.5, 0.6) is 0 Å². The first-order valence-electron chi connectivity index (χ1n) is 5.60. The van der Waals surface area contributed by atoms with Gasteiger partial charge in [-0.3, -0.25) is 0 Å². The third kappa shape index (κ3) is 4.89. The van der Waals surface area contributed by atoms with E-state index in [1.165, 1.54) is 17.0 Å². The fourth-order valence-electron chi connectivity index (χ4n) is 1.30. The number of rotatable bonds is 5. The Morgan fingerprint density at radius 2 is 2.11 bits per heavy atom. The molecule has 0 atom stereocenters. The summed E-state index contributed by atoms with van der Waals surface area (Å²) in [4.78, 5) is 12.6. The van der Waals surface area contributed by atoms with E-state index in [2.05, 4.69) is 10.6 Å². The van der Waals surface area contributed by atoms with Crippen LogP contribution in [0.25, 0.3) is 0 Å². The van der Waals surface area contributed by atoms with Gasteiger partial charge in [0.05, 0.1) is 5.02 Å². The highest BCUT2D eigenvalue weighted by Crippen LogP contribution is 2.15.